The third kappa shape index (κ3) is 1.94. The largest absolute Gasteiger partial charge is 0.381 e. The van der Waals surface area contributed by atoms with Crippen LogP contribution in [0.4, 0.5) is 11.4 Å². The SMILES string of the molecule is N#Cc1cc(NC2CC2N)ccc1[N+](=O)[O-]. The molecule has 1 saturated carbocycles. The van der Waals surface area contributed by atoms with Gasteiger partial charge in [-0.3, -0.25) is 10.1 Å². The predicted molar refractivity (Wildman–Crippen MR) is 57.8 cm³/mol. The van der Waals surface area contributed by atoms with E-state index in [2.05, 4.69) is 5.32 Å². The Morgan fingerprint density at radius 1 is 1.62 bits per heavy atom. The Kier molecular flexibility index (Phi) is 2.46. The number of benzene rings is 1. The third-order valence-corrected chi connectivity index (χ3v) is 2.51. The monoisotopic (exact) mass is 218 g/mol. The topological polar surface area (TPSA) is 105 Å². The van der Waals surface area contributed by atoms with Crippen molar-refractivity contribution in [3.05, 3.63) is 33.9 Å². The first-order chi connectivity index (χ1) is 7.61. The molecular weight excluding hydrogens is 208 g/mol. The van der Waals surface area contributed by atoms with E-state index in [1.54, 1.807) is 6.07 Å². The lowest BCUT2D eigenvalue weighted by Crippen LogP contribution is -2.13. The number of anilines is 1. The van der Waals surface area contributed by atoms with Gasteiger partial charge in [0, 0.05) is 23.8 Å². The minimum Gasteiger partial charge on any atom is -0.381 e. The summed E-state index contributed by atoms with van der Waals surface area (Å²) in [6, 6.07) is 6.56. The van der Waals surface area contributed by atoms with Crippen LogP contribution in [0.3, 0.4) is 0 Å². The molecule has 1 aromatic rings. The number of hydrogen-bond acceptors (Lipinski definition) is 5. The van der Waals surface area contributed by atoms with E-state index in [0.29, 0.717) is 5.69 Å². The fraction of sp³-hybridized carbons (Fsp3) is 0.300. The first-order valence-electron chi connectivity index (χ1n) is 4.82. The van der Waals surface area contributed by atoms with E-state index in [1.807, 2.05) is 6.07 Å². The van der Waals surface area contributed by atoms with Gasteiger partial charge in [0.25, 0.3) is 5.69 Å². The van der Waals surface area contributed by atoms with Crippen LogP contribution in [0, 0.1) is 21.4 Å². The number of nitrogens with zero attached hydrogens (tertiary/aromatic N) is 2. The Morgan fingerprint density at radius 3 is 2.81 bits per heavy atom. The van der Waals surface area contributed by atoms with Gasteiger partial charge in [-0.15, -0.1) is 0 Å². The fourth-order valence-corrected chi connectivity index (χ4v) is 1.47. The summed E-state index contributed by atoms with van der Waals surface area (Å²) in [4.78, 5) is 10.0. The van der Waals surface area contributed by atoms with E-state index in [9.17, 15) is 10.1 Å². The summed E-state index contributed by atoms with van der Waals surface area (Å²) in [5.74, 6) is 0. The van der Waals surface area contributed by atoms with E-state index < -0.39 is 4.92 Å². The van der Waals surface area contributed by atoms with Crippen LogP contribution in [0.15, 0.2) is 18.2 Å². The maximum Gasteiger partial charge on any atom is 0.287 e. The third-order valence-electron chi connectivity index (χ3n) is 2.51. The molecule has 2 unspecified atom stereocenters. The molecule has 0 radical (unpaired) electrons. The van der Waals surface area contributed by atoms with Crippen molar-refractivity contribution in [2.45, 2.75) is 18.5 Å². The van der Waals surface area contributed by atoms with Gasteiger partial charge in [0.15, 0.2) is 0 Å². The minimum atomic E-state index is -0.564. The van der Waals surface area contributed by atoms with Crippen molar-refractivity contribution < 1.29 is 4.92 Å². The Bertz CT molecular complexity index is 480. The Balaban J connectivity index is 2.23. The smallest absolute Gasteiger partial charge is 0.287 e. The zero-order valence-corrected chi connectivity index (χ0v) is 8.38. The molecule has 6 nitrogen and oxygen atoms in total. The van der Waals surface area contributed by atoms with Gasteiger partial charge >= 0.3 is 0 Å². The van der Waals surface area contributed by atoms with Crippen molar-refractivity contribution in [3.63, 3.8) is 0 Å². The second kappa shape index (κ2) is 3.79. The summed E-state index contributed by atoms with van der Waals surface area (Å²) >= 11 is 0. The van der Waals surface area contributed by atoms with Crippen LogP contribution in [0.5, 0.6) is 0 Å². The molecule has 0 aliphatic heterocycles. The number of nitriles is 1. The fourth-order valence-electron chi connectivity index (χ4n) is 1.47. The van der Waals surface area contributed by atoms with Gasteiger partial charge in [-0.05, 0) is 18.6 Å². The van der Waals surface area contributed by atoms with E-state index in [4.69, 9.17) is 11.0 Å². The molecule has 3 N–H and O–H groups in total. The lowest BCUT2D eigenvalue weighted by atomic mass is 10.1. The average molecular weight is 218 g/mol. The van der Waals surface area contributed by atoms with Crippen LogP contribution in [-0.4, -0.2) is 17.0 Å². The second-order valence-electron chi connectivity index (χ2n) is 3.75. The van der Waals surface area contributed by atoms with Gasteiger partial charge in [0.2, 0.25) is 0 Å². The molecule has 0 heterocycles. The molecule has 0 spiro atoms. The summed E-state index contributed by atoms with van der Waals surface area (Å²) < 4.78 is 0. The molecule has 6 heteroatoms. The quantitative estimate of drug-likeness (QED) is 0.581. The molecule has 0 aromatic heterocycles. The Labute approximate surface area is 91.8 Å². The summed E-state index contributed by atoms with van der Waals surface area (Å²) in [7, 11) is 0. The maximum absolute atomic E-state index is 10.6. The maximum atomic E-state index is 10.6. The van der Waals surface area contributed by atoms with E-state index >= 15 is 0 Å². The molecule has 1 aliphatic carbocycles. The molecule has 2 rings (SSSR count). The van der Waals surface area contributed by atoms with Crippen LogP contribution in [0.25, 0.3) is 0 Å². The zero-order chi connectivity index (χ0) is 11.7. The van der Waals surface area contributed by atoms with Crippen molar-refractivity contribution in [2.75, 3.05) is 5.32 Å². The molecule has 1 aromatic carbocycles. The van der Waals surface area contributed by atoms with E-state index in [1.165, 1.54) is 12.1 Å². The molecule has 82 valence electrons. The van der Waals surface area contributed by atoms with Crippen LogP contribution in [0.2, 0.25) is 0 Å². The second-order valence-corrected chi connectivity index (χ2v) is 3.75. The van der Waals surface area contributed by atoms with Crippen molar-refractivity contribution in [1.29, 1.82) is 5.26 Å². The van der Waals surface area contributed by atoms with E-state index in [0.717, 1.165) is 6.42 Å². The average Bonchev–Trinajstić information content (AvgIpc) is 2.93. The standard InChI is InChI=1S/C10H10N4O2/c11-5-6-3-7(13-9-4-8(9)12)1-2-10(6)14(15)16/h1-3,8-9,13H,4,12H2. The predicted octanol–water partition coefficient (Wildman–Crippen LogP) is 0.978. The highest BCUT2D eigenvalue weighted by Gasteiger charge is 2.33. The number of rotatable bonds is 3. The van der Waals surface area contributed by atoms with Gasteiger partial charge in [0.1, 0.15) is 11.6 Å². The summed E-state index contributed by atoms with van der Waals surface area (Å²) in [6.45, 7) is 0. The molecule has 1 aliphatic rings. The van der Waals surface area contributed by atoms with Gasteiger partial charge in [0.05, 0.1) is 4.92 Å². The molecule has 0 bridgehead atoms. The zero-order valence-electron chi connectivity index (χ0n) is 8.38. The molecule has 1 fully saturated rings. The normalized spacial score (nSPS) is 22.2. The first-order valence-corrected chi connectivity index (χ1v) is 4.82. The Morgan fingerprint density at radius 2 is 2.31 bits per heavy atom. The lowest BCUT2D eigenvalue weighted by molar-refractivity contribution is -0.385. The number of nitrogens with one attached hydrogen (secondary N) is 1. The summed E-state index contributed by atoms with van der Waals surface area (Å²) in [5.41, 5.74) is 6.21. The lowest BCUT2D eigenvalue weighted by Gasteiger charge is -2.04. The van der Waals surface area contributed by atoms with Crippen molar-refractivity contribution in [3.8, 4) is 6.07 Å². The van der Waals surface area contributed by atoms with Gasteiger partial charge in [-0.2, -0.15) is 5.26 Å². The highest BCUT2D eigenvalue weighted by atomic mass is 16.6. The molecule has 2 atom stereocenters. The van der Waals surface area contributed by atoms with Crippen molar-refractivity contribution >= 4 is 11.4 Å². The Hall–Kier alpha value is -2.13. The van der Waals surface area contributed by atoms with Gasteiger partial charge < -0.3 is 11.1 Å². The number of nitrogens with two attached hydrogens (primary N) is 1. The molecular formula is C10H10N4O2. The highest BCUT2D eigenvalue weighted by Crippen LogP contribution is 2.27. The molecule has 0 amide bonds. The van der Waals surface area contributed by atoms with Gasteiger partial charge in [-0.1, -0.05) is 0 Å². The number of nitro groups is 1. The van der Waals surface area contributed by atoms with Crippen LogP contribution in [-0.2, 0) is 0 Å². The van der Waals surface area contributed by atoms with E-state index in [-0.39, 0.29) is 23.3 Å². The van der Waals surface area contributed by atoms with Crippen molar-refractivity contribution in [1.82, 2.24) is 0 Å². The summed E-state index contributed by atoms with van der Waals surface area (Å²) in [5, 5.41) is 22.5. The van der Waals surface area contributed by atoms with Crippen molar-refractivity contribution in [2.24, 2.45) is 5.73 Å². The minimum absolute atomic E-state index is 0.0595. The van der Waals surface area contributed by atoms with Crippen LogP contribution >= 0.6 is 0 Å². The highest BCUT2D eigenvalue weighted by molar-refractivity contribution is 5.59. The summed E-state index contributed by atoms with van der Waals surface area (Å²) in [6.07, 6.45) is 0.888. The number of hydrogen-bond donors (Lipinski definition) is 2. The van der Waals surface area contributed by atoms with Gasteiger partial charge in [-0.25, -0.2) is 0 Å². The van der Waals surface area contributed by atoms with Crippen LogP contribution < -0.4 is 11.1 Å². The van der Waals surface area contributed by atoms with Crippen LogP contribution in [0.1, 0.15) is 12.0 Å². The number of nitro benzene ring substituents is 1. The molecule has 0 saturated heterocycles. The molecule has 16 heavy (non-hydrogen) atoms. The first kappa shape index (κ1) is 10.4.